The Hall–Kier alpha value is -3.37. The van der Waals surface area contributed by atoms with Crippen LogP contribution >= 0.6 is 22.9 Å². The van der Waals surface area contributed by atoms with E-state index in [-0.39, 0.29) is 10.5 Å². The smallest absolute Gasteiger partial charge is 0.269 e. The molecule has 2 aromatic carbocycles. The highest BCUT2D eigenvalue weighted by atomic mass is 35.5. The maximum atomic E-state index is 14.0. The number of carbonyl (C=O) groups excluding carboxylic acids is 1. The van der Waals surface area contributed by atoms with Crippen LogP contribution in [0.4, 0.5) is 0 Å². The van der Waals surface area contributed by atoms with Crippen LogP contribution in [0.1, 0.15) is 40.2 Å². The lowest BCUT2D eigenvalue weighted by molar-refractivity contribution is -0.0389. The van der Waals surface area contributed by atoms with E-state index in [1.807, 2.05) is 6.92 Å². The number of carbonyl (C=O) groups is 1. The van der Waals surface area contributed by atoms with Crippen molar-refractivity contribution in [3.05, 3.63) is 88.1 Å². The number of aromatic nitrogens is 3. The third kappa shape index (κ3) is 3.97. The van der Waals surface area contributed by atoms with E-state index >= 15 is 0 Å². The van der Waals surface area contributed by atoms with Crippen molar-refractivity contribution in [1.82, 2.24) is 13.9 Å². The maximum Gasteiger partial charge on any atom is 0.269 e. The van der Waals surface area contributed by atoms with Crippen molar-refractivity contribution >= 4 is 50.3 Å². The van der Waals surface area contributed by atoms with Crippen molar-refractivity contribution in [2.24, 2.45) is 0 Å². The van der Waals surface area contributed by atoms with Gasteiger partial charge in [0.15, 0.2) is 5.65 Å². The molecule has 192 valence electrons. The van der Waals surface area contributed by atoms with Crippen LogP contribution in [-0.2, 0) is 15.6 Å². The minimum absolute atomic E-state index is 0.122. The summed E-state index contributed by atoms with van der Waals surface area (Å²) in [6.07, 6.45) is 6.10. The molecule has 1 aliphatic rings. The summed E-state index contributed by atoms with van der Waals surface area (Å²) < 4.78 is 29.3. The zero-order chi connectivity index (χ0) is 26.7. The first-order valence-corrected chi connectivity index (χ1v) is 14.6. The molecule has 0 spiro atoms. The summed E-state index contributed by atoms with van der Waals surface area (Å²) in [6, 6.07) is 15.1. The van der Waals surface area contributed by atoms with Crippen LogP contribution in [0.5, 0.6) is 0 Å². The van der Waals surface area contributed by atoms with Gasteiger partial charge in [0.25, 0.3) is 10.0 Å². The number of aryl methyl sites for hydroxylation is 1. The number of hydrogen-bond acceptors (Lipinski definition) is 7. The molecule has 10 heteroatoms. The highest BCUT2D eigenvalue weighted by Gasteiger charge is 2.39. The van der Waals surface area contributed by atoms with Crippen LogP contribution in [0.3, 0.4) is 0 Å². The molecule has 0 saturated heterocycles. The lowest BCUT2D eigenvalue weighted by Gasteiger charge is -2.34. The van der Waals surface area contributed by atoms with Crippen LogP contribution in [0.25, 0.3) is 32.7 Å². The minimum atomic E-state index is -4.07. The van der Waals surface area contributed by atoms with Crippen LogP contribution in [0, 0.1) is 6.92 Å². The van der Waals surface area contributed by atoms with Crippen LogP contribution in [0.15, 0.2) is 71.9 Å². The minimum Gasteiger partial charge on any atom is -0.383 e. The highest BCUT2D eigenvalue weighted by Crippen LogP contribution is 2.47. The fourth-order valence-electron chi connectivity index (χ4n) is 4.67. The number of halogens is 1. The van der Waals surface area contributed by atoms with E-state index in [1.165, 1.54) is 21.5 Å². The van der Waals surface area contributed by atoms with Gasteiger partial charge in [0, 0.05) is 28.9 Å². The monoisotopic (exact) mass is 563 g/mol. The summed E-state index contributed by atoms with van der Waals surface area (Å²) in [4.78, 5) is 21.0. The van der Waals surface area contributed by atoms with Gasteiger partial charge in [-0.1, -0.05) is 53.6 Å². The normalized spacial score (nSPS) is 14.9. The predicted octanol–water partition coefficient (Wildman–Crippen LogP) is 6.21. The summed E-state index contributed by atoms with van der Waals surface area (Å²) >= 11 is 8.01. The molecule has 6 rings (SSSR count). The zero-order valence-electron chi connectivity index (χ0n) is 20.3. The average molecular weight is 564 g/mol. The summed E-state index contributed by atoms with van der Waals surface area (Å²) in [5.74, 6) is 0. The Labute approximate surface area is 228 Å². The molecule has 0 radical (unpaired) electrons. The quantitative estimate of drug-likeness (QED) is 0.246. The molecule has 7 nitrogen and oxygen atoms in total. The molecule has 3 heterocycles. The lowest BCUT2D eigenvalue weighted by Crippen LogP contribution is -2.33. The van der Waals surface area contributed by atoms with Crippen LogP contribution in [-0.4, -0.2) is 33.8 Å². The molecule has 1 N–H and O–H groups in total. The van der Waals surface area contributed by atoms with E-state index in [0.29, 0.717) is 55.5 Å². The largest absolute Gasteiger partial charge is 0.383 e. The number of hydrogen-bond donors (Lipinski definition) is 1. The van der Waals surface area contributed by atoms with E-state index in [1.54, 1.807) is 60.8 Å². The molecule has 0 bridgehead atoms. The van der Waals surface area contributed by atoms with Crippen LogP contribution < -0.4 is 0 Å². The SMILES string of the molecule is Cc1ccc(S(=O)(=O)n2c(-c3ccc(C=O)cc3)cc3c(-c4cnc(C5(O)CCC5)s4)c(Cl)cnc32)cc1. The standard InChI is InChI=1S/C28H22ClN3O4S2/c1-17-3-9-20(10-4-17)38(35,36)32-23(19-7-5-18(16-33)6-8-19)13-21-25(22(29)14-30-26(21)32)24-15-31-27(37-24)28(34)11-2-12-28/h3-10,13-16,34H,2,11-12H2,1H3. The molecule has 1 fully saturated rings. The van der Waals surface area contributed by atoms with Gasteiger partial charge >= 0.3 is 0 Å². The number of pyridine rings is 1. The summed E-state index contributed by atoms with van der Waals surface area (Å²) in [6.45, 7) is 1.89. The van der Waals surface area contributed by atoms with Crippen molar-refractivity contribution in [2.45, 2.75) is 36.7 Å². The first kappa shape index (κ1) is 24.9. The fraction of sp³-hybridized carbons (Fsp3) is 0.179. The predicted molar refractivity (Wildman–Crippen MR) is 148 cm³/mol. The topological polar surface area (TPSA) is 102 Å². The number of aldehydes is 1. The fourth-order valence-corrected chi connectivity index (χ4v) is 7.60. The zero-order valence-corrected chi connectivity index (χ0v) is 22.6. The first-order valence-electron chi connectivity index (χ1n) is 12.0. The van der Waals surface area contributed by atoms with Crippen molar-refractivity contribution < 1.29 is 18.3 Å². The van der Waals surface area contributed by atoms with Crippen molar-refractivity contribution in [3.8, 4) is 21.7 Å². The Kier molecular flexibility index (Phi) is 5.99. The van der Waals surface area contributed by atoms with E-state index in [2.05, 4.69) is 9.97 Å². The second-order valence-electron chi connectivity index (χ2n) is 9.49. The number of fused-ring (bicyclic) bond motifs is 1. The molecular weight excluding hydrogens is 542 g/mol. The Bertz CT molecular complexity index is 1800. The van der Waals surface area contributed by atoms with Crippen molar-refractivity contribution in [2.75, 3.05) is 0 Å². The number of aliphatic hydroxyl groups is 1. The van der Waals surface area contributed by atoms with Gasteiger partial charge in [-0.15, -0.1) is 11.3 Å². The van der Waals surface area contributed by atoms with Crippen LogP contribution in [0.2, 0.25) is 5.02 Å². The van der Waals surface area contributed by atoms with Gasteiger partial charge in [0.1, 0.15) is 16.9 Å². The summed E-state index contributed by atoms with van der Waals surface area (Å²) in [5.41, 5.74) is 2.30. The molecule has 0 unspecified atom stereocenters. The maximum absolute atomic E-state index is 14.0. The van der Waals surface area contributed by atoms with Gasteiger partial charge in [-0.2, -0.15) is 0 Å². The number of thiazole rings is 1. The summed E-state index contributed by atoms with van der Waals surface area (Å²) in [7, 11) is -4.07. The molecule has 5 aromatic rings. The first-order chi connectivity index (χ1) is 18.2. The number of nitrogens with zero attached hydrogens (tertiary/aromatic N) is 3. The molecular formula is C28H22ClN3O4S2. The van der Waals surface area contributed by atoms with E-state index in [0.717, 1.165) is 18.3 Å². The molecule has 1 aliphatic carbocycles. The number of benzene rings is 2. The van der Waals surface area contributed by atoms with Gasteiger partial charge in [-0.05, 0) is 49.9 Å². The molecule has 0 aliphatic heterocycles. The van der Waals surface area contributed by atoms with Gasteiger partial charge < -0.3 is 5.11 Å². The Morgan fingerprint density at radius 2 is 1.76 bits per heavy atom. The van der Waals surface area contributed by atoms with E-state index < -0.39 is 15.6 Å². The van der Waals surface area contributed by atoms with Crippen molar-refractivity contribution in [3.63, 3.8) is 0 Å². The average Bonchev–Trinajstić information content (AvgIpc) is 3.53. The molecule has 38 heavy (non-hydrogen) atoms. The third-order valence-electron chi connectivity index (χ3n) is 6.97. The lowest BCUT2D eigenvalue weighted by atomic mass is 9.81. The second-order valence-corrected chi connectivity index (χ2v) is 12.7. The van der Waals surface area contributed by atoms with E-state index in [4.69, 9.17) is 11.6 Å². The highest BCUT2D eigenvalue weighted by molar-refractivity contribution is 7.90. The summed E-state index contributed by atoms with van der Waals surface area (Å²) in [5, 5.41) is 12.3. The van der Waals surface area contributed by atoms with Crippen molar-refractivity contribution in [1.29, 1.82) is 0 Å². The molecule has 1 saturated carbocycles. The van der Waals surface area contributed by atoms with Gasteiger partial charge in [0.2, 0.25) is 0 Å². The van der Waals surface area contributed by atoms with Gasteiger partial charge in [0.05, 0.1) is 20.5 Å². The Balaban J connectivity index is 1.62. The Morgan fingerprint density at radius 1 is 1.05 bits per heavy atom. The van der Waals surface area contributed by atoms with E-state index in [9.17, 15) is 18.3 Å². The third-order valence-corrected chi connectivity index (χ3v) is 10.2. The molecule has 0 atom stereocenters. The number of rotatable bonds is 6. The Morgan fingerprint density at radius 3 is 2.39 bits per heavy atom. The van der Waals surface area contributed by atoms with Gasteiger partial charge in [-0.3, -0.25) is 4.79 Å². The molecule has 3 aromatic heterocycles. The molecule has 0 amide bonds. The second kappa shape index (κ2) is 9.13. The van der Waals surface area contributed by atoms with Gasteiger partial charge in [-0.25, -0.2) is 22.4 Å².